The fourth-order valence-electron chi connectivity index (χ4n) is 2.36. The minimum atomic E-state index is -1.40. The number of carbonyl (C=O) groups excluding carboxylic acids is 3. The standard InChI is InChI=1S/C17H28N6O6S/c1-9(18)14(25)22-12(5-10-6-19-8-20-10)15(26)23-13(7-24)16(27)21-11(17(28)29)3-4-30-2/h6,8-9,11-13,24H,3-5,7,18H2,1-2H3,(H,19,20)(H,21,27)(H,22,25)(H,23,26)(H,28,29). The van der Waals surface area contributed by atoms with Gasteiger partial charge in [0.05, 0.1) is 19.0 Å². The van der Waals surface area contributed by atoms with Crippen LogP contribution in [0.1, 0.15) is 19.0 Å². The van der Waals surface area contributed by atoms with Crippen molar-refractivity contribution in [1.29, 1.82) is 0 Å². The maximum Gasteiger partial charge on any atom is 0.326 e. The first-order valence-electron chi connectivity index (χ1n) is 9.16. The SMILES string of the molecule is CSCCC(NC(=O)C(CO)NC(=O)C(Cc1cnc[nH]1)NC(=O)C(C)N)C(=O)O. The highest BCUT2D eigenvalue weighted by Gasteiger charge is 2.29. The van der Waals surface area contributed by atoms with Gasteiger partial charge in [-0.25, -0.2) is 9.78 Å². The van der Waals surface area contributed by atoms with E-state index in [9.17, 15) is 29.4 Å². The fraction of sp³-hybridized carbons (Fsp3) is 0.588. The zero-order chi connectivity index (χ0) is 22.7. The Bertz CT molecular complexity index is 714. The van der Waals surface area contributed by atoms with Gasteiger partial charge in [-0.3, -0.25) is 14.4 Å². The first-order valence-corrected chi connectivity index (χ1v) is 10.6. The van der Waals surface area contributed by atoms with Crippen LogP contribution in [-0.4, -0.2) is 86.7 Å². The van der Waals surface area contributed by atoms with Crippen LogP contribution in [0, 0.1) is 0 Å². The Hall–Kier alpha value is -2.64. The molecule has 0 radical (unpaired) electrons. The molecule has 12 nitrogen and oxygen atoms in total. The van der Waals surface area contributed by atoms with Crippen LogP contribution in [0.25, 0.3) is 0 Å². The molecule has 4 atom stereocenters. The van der Waals surface area contributed by atoms with Gasteiger partial charge in [-0.05, 0) is 25.4 Å². The summed E-state index contributed by atoms with van der Waals surface area (Å²) in [5.41, 5.74) is 6.08. The van der Waals surface area contributed by atoms with Crippen LogP contribution in [0.3, 0.4) is 0 Å². The van der Waals surface area contributed by atoms with E-state index in [2.05, 4.69) is 25.9 Å². The quantitative estimate of drug-likeness (QED) is 0.173. The van der Waals surface area contributed by atoms with Gasteiger partial charge < -0.3 is 36.9 Å². The van der Waals surface area contributed by atoms with Crippen LogP contribution >= 0.6 is 11.8 Å². The number of carbonyl (C=O) groups is 4. The molecule has 0 saturated heterocycles. The van der Waals surface area contributed by atoms with Gasteiger partial charge in [0.15, 0.2) is 0 Å². The lowest BCUT2D eigenvalue weighted by Gasteiger charge is -2.23. The number of nitrogens with one attached hydrogen (secondary N) is 4. The van der Waals surface area contributed by atoms with Crippen LogP contribution in [-0.2, 0) is 25.6 Å². The number of nitrogens with zero attached hydrogens (tertiary/aromatic N) is 1. The summed E-state index contributed by atoms with van der Waals surface area (Å²) in [4.78, 5) is 55.0. The second-order valence-corrected chi connectivity index (χ2v) is 7.54. The summed E-state index contributed by atoms with van der Waals surface area (Å²) >= 11 is 1.42. The Kier molecular flexibility index (Phi) is 10.9. The average Bonchev–Trinajstić information content (AvgIpc) is 3.21. The molecule has 30 heavy (non-hydrogen) atoms. The van der Waals surface area contributed by atoms with Crippen molar-refractivity contribution in [3.63, 3.8) is 0 Å². The van der Waals surface area contributed by atoms with Crippen molar-refractivity contribution in [2.24, 2.45) is 5.73 Å². The minimum absolute atomic E-state index is 0.0372. The molecule has 0 aliphatic carbocycles. The molecule has 1 aromatic rings. The molecule has 0 aliphatic rings. The topological polar surface area (TPSA) is 200 Å². The van der Waals surface area contributed by atoms with Crippen molar-refractivity contribution in [3.05, 3.63) is 18.2 Å². The highest BCUT2D eigenvalue weighted by atomic mass is 32.2. The van der Waals surface area contributed by atoms with Crippen molar-refractivity contribution in [2.45, 2.75) is 43.9 Å². The van der Waals surface area contributed by atoms with E-state index in [0.717, 1.165) is 0 Å². The van der Waals surface area contributed by atoms with Gasteiger partial charge >= 0.3 is 5.97 Å². The molecule has 0 bridgehead atoms. The number of aromatic nitrogens is 2. The van der Waals surface area contributed by atoms with Crippen LogP contribution in [0.2, 0.25) is 0 Å². The Labute approximate surface area is 177 Å². The molecule has 0 aromatic carbocycles. The third kappa shape index (κ3) is 8.39. The summed E-state index contributed by atoms with van der Waals surface area (Å²) in [7, 11) is 0. The monoisotopic (exact) mass is 444 g/mol. The first kappa shape index (κ1) is 25.4. The van der Waals surface area contributed by atoms with Crippen molar-refractivity contribution in [1.82, 2.24) is 25.9 Å². The molecule has 1 rings (SSSR count). The summed E-state index contributed by atoms with van der Waals surface area (Å²) in [6, 6.07) is -4.52. The van der Waals surface area contributed by atoms with E-state index in [4.69, 9.17) is 5.73 Å². The summed E-state index contributed by atoms with van der Waals surface area (Å²) in [6.07, 6.45) is 4.89. The minimum Gasteiger partial charge on any atom is -0.480 e. The third-order valence-corrected chi connectivity index (χ3v) is 4.71. The number of rotatable bonds is 13. The molecule has 0 aliphatic heterocycles. The Balaban J connectivity index is 2.85. The second-order valence-electron chi connectivity index (χ2n) is 6.56. The van der Waals surface area contributed by atoms with Gasteiger partial charge in [-0.15, -0.1) is 0 Å². The van der Waals surface area contributed by atoms with E-state index in [1.54, 1.807) is 6.26 Å². The van der Waals surface area contributed by atoms with E-state index in [-0.39, 0.29) is 12.8 Å². The maximum atomic E-state index is 12.7. The van der Waals surface area contributed by atoms with Crippen molar-refractivity contribution < 1.29 is 29.4 Å². The summed E-state index contributed by atoms with van der Waals surface area (Å²) < 4.78 is 0. The lowest BCUT2D eigenvalue weighted by atomic mass is 10.1. The van der Waals surface area contributed by atoms with Gasteiger partial charge in [-0.2, -0.15) is 11.8 Å². The maximum absolute atomic E-state index is 12.7. The zero-order valence-corrected chi connectivity index (χ0v) is 17.6. The van der Waals surface area contributed by atoms with Crippen LogP contribution in [0.15, 0.2) is 12.5 Å². The molecule has 168 valence electrons. The van der Waals surface area contributed by atoms with Crippen molar-refractivity contribution in [2.75, 3.05) is 18.6 Å². The van der Waals surface area contributed by atoms with Crippen molar-refractivity contribution in [3.8, 4) is 0 Å². The molecule has 8 N–H and O–H groups in total. The average molecular weight is 445 g/mol. The number of carboxylic acid groups (broad SMARTS) is 1. The number of aliphatic hydroxyl groups is 1. The largest absolute Gasteiger partial charge is 0.480 e. The number of aliphatic hydroxyl groups excluding tert-OH is 1. The van der Waals surface area contributed by atoms with E-state index < -0.39 is 54.5 Å². The Morgan fingerprint density at radius 1 is 1.13 bits per heavy atom. The number of carboxylic acids is 1. The van der Waals surface area contributed by atoms with Crippen LogP contribution < -0.4 is 21.7 Å². The summed E-state index contributed by atoms with van der Waals surface area (Å²) in [5.74, 6) is -2.89. The Morgan fingerprint density at radius 2 is 1.73 bits per heavy atom. The molecule has 0 spiro atoms. The van der Waals surface area contributed by atoms with Gasteiger partial charge in [-0.1, -0.05) is 0 Å². The van der Waals surface area contributed by atoms with Crippen LogP contribution in [0.5, 0.6) is 0 Å². The second kappa shape index (κ2) is 12.8. The highest BCUT2D eigenvalue weighted by molar-refractivity contribution is 7.98. The van der Waals surface area contributed by atoms with E-state index in [0.29, 0.717) is 11.4 Å². The number of thioether (sulfide) groups is 1. The normalized spacial score (nSPS) is 14.8. The first-order chi connectivity index (χ1) is 14.2. The molecule has 1 heterocycles. The van der Waals surface area contributed by atoms with Gasteiger partial charge in [0.25, 0.3) is 0 Å². The van der Waals surface area contributed by atoms with Gasteiger partial charge in [0, 0.05) is 18.3 Å². The highest BCUT2D eigenvalue weighted by Crippen LogP contribution is 2.03. The predicted molar refractivity (Wildman–Crippen MR) is 109 cm³/mol. The predicted octanol–water partition coefficient (Wildman–Crippen LogP) is -2.42. The summed E-state index contributed by atoms with van der Waals surface area (Å²) in [5, 5.41) is 25.9. The number of imidazole rings is 1. The van der Waals surface area contributed by atoms with Gasteiger partial charge in [0.2, 0.25) is 17.7 Å². The molecule has 3 amide bonds. The van der Waals surface area contributed by atoms with E-state index in [1.807, 2.05) is 0 Å². The molecule has 4 unspecified atom stereocenters. The molecular weight excluding hydrogens is 416 g/mol. The molecule has 0 fully saturated rings. The third-order valence-electron chi connectivity index (χ3n) is 4.07. The number of hydrogen-bond acceptors (Lipinski definition) is 8. The Morgan fingerprint density at radius 3 is 2.23 bits per heavy atom. The van der Waals surface area contributed by atoms with E-state index >= 15 is 0 Å². The zero-order valence-electron chi connectivity index (χ0n) is 16.8. The fourth-order valence-corrected chi connectivity index (χ4v) is 2.83. The smallest absolute Gasteiger partial charge is 0.326 e. The lowest BCUT2D eigenvalue weighted by Crippen LogP contribution is -2.58. The number of hydrogen-bond donors (Lipinski definition) is 7. The van der Waals surface area contributed by atoms with Crippen molar-refractivity contribution >= 4 is 35.5 Å². The number of amides is 3. The number of H-pyrrole nitrogens is 1. The van der Waals surface area contributed by atoms with Gasteiger partial charge in [0.1, 0.15) is 18.1 Å². The molecule has 1 aromatic heterocycles. The van der Waals surface area contributed by atoms with Crippen LogP contribution in [0.4, 0.5) is 0 Å². The molecule has 13 heteroatoms. The molecular formula is C17H28N6O6S. The van der Waals surface area contributed by atoms with E-state index in [1.165, 1.54) is 31.2 Å². The number of aromatic amines is 1. The summed E-state index contributed by atoms with van der Waals surface area (Å²) in [6.45, 7) is 0.690. The number of aliphatic carboxylic acids is 1. The number of nitrogens with two attached hydrogens (primary N) is 1. The lowest BCUT2D eigenvalue weighted by molar-refractivity contribution is -0.142. The molecule has 0 saturated carbocycles.